The van der Waals surface area contributed by atoms with Crippen LogP contribution < -0.4 is 0 Å². The Labute approximate surface area is 154 Å². The van der Waals surface area contributed by atoms with Gasteiger partial charge in [0.25, 0.3) is 0 Å². The maximum absolute atomic E-state index is 4.74. The summed E-state index contributed by atoms with van der Waals surface area (Å²) in [7, 11) is 17.2. The normalized spacial score (nSPS) is 8.78. The van der Waals surface area contributed by atoms with Crippen molar-refractivity contribution in [2.24, 2.45) is 0 Å². The first-order valence-electron chi connectivity index (χ1n) is 5.24. The summed E-state index contributed by atoms with van der Waals surface area (Å²) in [4.78, 5) is 4.29. The van der Waals surface area contributed by atoms with E-state index in [0.29, 0.717) is 0 Å². The van der Waals surface area contributed by atoms with Crippen LogP contribution in [0.4, 0.5) is 0 Å². The Morgan fingerprint density at radius 3 is 1.00 bits per heavy atom. The van der Waals surface area contributed by atoms with Gasteiger partial charge in [0, 0.05) is 0 Å². The molecule has 0 aromatic heterocycles. The van der Waals surface area contributed by atoms with Crippen molar-refractivity contribution in [1.29, 1.82) is 0 Å². The van der Waals surface area contributed by atoms with Gasteiger partial charge in [-0.15, -0.1) is 0 Å². The molecule has 0 N–H and O–H groups in total. The van der Waals surface area contributed by atoms with E-state index in [4.69, 9.17) is 25.3 Å². The second-order valence-corrected chi connectivity index (χ2v) is 4.54. The predicted octanol–water partition coefficient (Wildman–Crippen LogP) is 2.34. The molecule has 0 aliphatic carbocycles. The topological polar surface area (TPSA) is 6.48 Å². The van der Waals surface area contributed by atoms with Crippen LogP contribution in [0.1, 0.15) is 12.8 Å². The molecule has 0 aromatic rings. The van der Waals surface area contributed by atoms with E-state index in [1.54, 1.807) is 0 Å². The SMILES string of the molecule is CN(C)CCC[S-].CN(C)CCC[S-].[Cl][Pd+].[Cl][Pd+]. The zero-order valence-corrected chi connectivity index (χ0v) is 17.6. The third-order valence-corrected chi connectivity index (χ3v) is 2.08. The molecule has 0 rings (SSSR count). The van der Waals surface area contributed by atoms with E-state index in [1.165, 1.54) is 0 Å². The third kappa shape index (κ3) is 51.4. The Hall–Kier alpha value is 2.52. The molecule has 120 valence electrons. The Kier molecular flexibility index (Phi) is 50.6. The molecule has 0 amide bonds. The molecule has 0 saturated heterocycles. The van der Waals surface area contributed by atoms with Gasteiger partial charge in [0.15, 0.2) is 0 Å². The van der Waals surface area contributed by atoms with Crippen LogP contribution >= 0.6 is 19.1 Å². The second kappa shape index (κ2) is 31.8. The fourth-order valence-corrected chi connectivity index (χ4v) is 1.02. The molecule has 2 nitrogen and oxygen atoms in total. The van der Waals surface area contributed by atoms with Gasteiger partial charge in [-0.2, -0.15) is 11.5 Å². The zero-order valence-electron chi connectivity index (χ0n) is 11.3. The van der Waals surface area contributed by atoms with Gasteiger partial charge >= 0.3 is 55.4 Å². The van der Waals surface area contributed by atoms with Crippen molar-refractivity contribution in [2.45, 2.75) is 12.8 Å². The summed E-state index contributed by atoms with van der Waals surface area (Å²) in [6.45, 7) is 2.26. The van der Waals surface area contributed by atoms with Crippen LogP contribution in [0.3, 0.4) is 0 Å². The summed E-state index contributed by atoms with van der Waals surface area (Å²) in [6, 6.07) is 0. The van der Waals surface area contributed by atoms with Crippen LogP contribution in [0.15, 0.2) is 0 Å². The monoisotopic (exact) mass is 518 g/mol. The molecule has 0 heterocycles. The number of nitrogens with zero attached hydrogens (tertiary/aromatic N) is 2. The Morgan fingerprint density at radius 2 is 0.944 bits per heavy atom. The van der Waals surface area contributed by atoms with Gasteiger partial charge < -0.3 is 35.1 Å². The van der Waals surface area contributed by atoms with Crippen molar-refractivity contribution < 1.29 is 36.4 Å². The number of halogens is 2. The quantitative estimate of drug-likeness (QED) is 0.392. The summed E-state index contributed by atoms with van der Waals surface area (Å²) in [5, 5.41) is 0. The average Bonchev–Trinajstić information content (AvgIpc) is 2.39. The molecule has 0 bridgehead atoms. The fraction of sp³-hybridized carbons (Fsp3) is 1.00. The Bertz CT molecular complexity index is 104. The zero-order chi connectivity index (χ0) is 15.4. The molecule has 0 aromatic carbocycles. The molecule has 0 radical (unpaired) electrons. The molecule has 0 unspecified atom stereocenters. The van der Waals surface area contributed by atoms with Crippen molar-refractivity contribution in [3.05, 3.63) is 0 Å². The average molecular weight is 520 g/mol. The molecule has 0 atom stereocenters. The van der Waals surface area contributed by atoms with E-state index in [0.717, 1.165) is 37.4 Å². The van der Waals surface area contributed by atoms with Crippen molar-refractivity contribution in [3.8, 4) is 0 Å². The number of hydrogen-bond donors (Lipinski definition) is 0. The van der Waals surface area contributed by atoms with Gasteiger partial charge in [0.05, 0.1) is 0 Å². The summed E-state index contributed by atoms with van der Waals surface area (Å²) >= 11 is 13.9. The third-order valence-electron chi connectivity index (χ3n) is 1.50. The van der Waals surface area contributed by atoms with Gasteiger partial charge in [-0.3, -0.25) is 0 Å². The first-order valence-corrected chi connectivity index (χ1v) is 10.4. The first-order chi connectivity index (χ1) is 8.54. The summed E-state index contributed by atoms with van der Waals surface area (Å²) < 4.78 is 0. The fourth-order valence-electron chi connectivity index (χ4n) is 0.762. The molecule has 8 heteroatoms. The van der Waals surface area contributed by atoms with Crippen molar-refractivity contribution in [1.82, 2.24) is 9.80 Å². The standard InChI is InChI=1S/2C5H13NS.2ClH.2Pd/c2*1-6(2)4-3-5-7;;;;/h2*7H,3-5H2,1-2H3;2*1H;;/q;;;;2*+2/p-4. The summed E-state index contributed by atoms with van der Waals surface area (Å²) in [5.41, 5.74) is 0. The minimum absolute atomic E-state index is 0.887. The van der Waals surface area contributed by atoms with Crippen LogP contribution in [-0.2, 0) is 61.6 Å². The minimum atomic E-state index is 0.887. The van der Waals surface area contributed by atoms with Gasteiger partial charge in [-0.25, -0.2) is 0 Å². The molecular weight excluding hydrogens is 496 g/mol. The molecule has 0 spiro atoms. The molecule has 0 aliphatic rings. The Morgan fingerprint density at radius 1 is 0.722 bits per heavy atom. The van der Waals surface area contributed by atoms with Gasteiger partial charge in [-0.1, -0.05) is 12.8 Å². The van der Waals surface area contributed by atoms with Crippen molar-refractivity contribution in [3.63, 3.8) is 0 Å². The van der Waals surface area contributed by atoms with Crippen LogP contribution in [0.2, 0.25) is 0 Å². The molecule has 18 heavy (non-hydrogen) atoms. The summed E-state index contributed by atoms with van der Waals surface area (Å²) in [5.74, 6) is 1.77. The van der Waals surface area contributed by atoms with Crippen molar-refractivity contribution in [2.75, 3.05) is 52.8 Å². The van der Waals surface area contributed by atoms with Crippen LogP contribution in [0.25, 0.3) is 0 Å². The molecule has 0 fully saturated rings. The molecule has 0 aliphatic heterocycles. The maximum atomic E-state index is 4.74. The van der Waals surface area contributed by atoms with Crippen molar-refractivity contribution >= 4 is 44.3 Å². The van der Waals surface area contributed by atoms with E-state index in [1.807, 2.05) is 0 Å². The van der Waals surface area contributed by atoms with Crippen LogP contribution in [-0.4, -0.2) is 62.6 Å². The first kappa shape index (κ1) is 28.7. The van der Waals surface area contributed by atoms with Gasteiger partial charge in [0.2, 0.25) is 0 Å². The molecular formula is C10H24Cl2N2Pd2S2. The van der Waals surface area contributed by atoms with Crippen LogP contribution in [0.5, 0.6) is 0 Å². The van der Waals surface area contributed by atoms with Gasteiger partial charge in [0.1, 0.15) is 0 Å². The van der Waals surface area contributed by atoms with E-state index < -0.39 is 0 Å². The van der Waals surface area contributed by atoms with E-state index in [9.17, 15) is 0 Å². The van der Waals surface area contributed by atoms with E-state index in [-0.39, 0.29) is 0 Å². The Balaban J connectivity index is -0.0000000851. The molecule has 0 saturated carbocycles. The number of rotatable bonds is 6. The van der Waals surface area contributed by atoms with Crippen LogP contribution in [0, 0.1) is 0 Å². The second-order valence-electron chi connectivity index (χ2n) is 3.72. The van der Waals surface area contributed by atoms with E-state index in [2.05, 4.69) is 93.4 Å². The summed E-state index contributed by atoms with van der Waals surface area (Å²) in [6.07, 6.45) is 2.28. The van der Waals surface area contributed by atoms with Gasteiger partial charge in [-0.05, 0) is 41.3 Å². The van der Waals surface area contributed by atoms with E-state index >= 15 is 0 Å². The predicted molar refractivity (Wildman–Crippen MR) is 82.5 cm³/mol. The number of hydrogen-bond acceptors (Lipinski definition) is 4.